The Morgan fingerprint density at radius 1 is 1.17 bits per heavy atom. The van der Waals surface area contributed by atoms with Crippen molar-refractivity contribution in [2.45, 2.75) is 26.8 Å². The van der Waals surface area contributed by atoms with Crippen LogP contribution < -0.4 is 10.9 Å². The highest BCUT2D eigenvalue weighted by molar-refractivity contribution is 6.30. The summed E-state index contributed by atoms with van der Waals surface area (Å²) in [6.07, 6.45) is 3.97. The zero-order valence-corrected chi connectivity index (χ0v) is 21.1. The monoisotopic (exact) mass is 505 g/mol. The van der Waals surface area contributed by atoms with Crippen LogP contribution in [0.15, 0.2) is 63.0 Å². The SMILES string of the molecule is CCc1oc2ccc(Nc3ncc(C=NN4CCOCC4)c(=O)n3Cc3ccc(Cl)cc3)cc2c1C. The van der Waals surface area contributed by atoms with E-state index in [0.29, 0.717) is 49.4 Å². The Bertz CT molecular complexity index is 1450. The Balaban J connectivity index is 1.50. The van der Waals surface area contributed by atoms with Crippen LogP contribution in [0.4, 0.5) is 11.6 Å². The Morgan fingerprint density at radius 3 is 2.69 bits per heavy atom. The summed E-state index contributed by atoms with van der Waals surface area (Å²) in [5, 5.41) is 11.4. The van der Waals surface area contributed by atoms with Gasteiger partial charge in [0.2, 0.25) is 5.95 Å². The van der Waals surface area contributed by atoms with E-state index in [4.69, 9.17) is 20.8 Å². The molecule has 3 heterocycles. The molecule has 0 atom stereocenters. The van der Waals surface area contributed by atoms with Gasteiger partial charge in [0.25, 0.3) is 5.56 Å². The summed E-state index contributed by atoms with van der Waals surface area (Å²) >= 11 is 6.07. The second-order valence-electron chi connectivity index (χ2n) is 8.71. The van der Waals surface area contributed by atoms with Gasteiger partial charge in [-0.15, -0.1) is 0 Å². The number of morpholine rings is 1. The van der Waals surface area contributed by atoms with E-state index in [1.54, 1.807) is 17.0 Å². The van der Waals surface area contributed by atoms with Gasteiger partial charge < -0.3 is 14.5 Å². The molecular weight excluding hydrogens is 478 g/mol. The van der Waals surface area contributed by atoms with Crippen LogP contribution in [0.5, 0.6) is 0 Å². The first-order valence-electron chi connectivity index (χ1n) is 12.0. The van der Waals surface area contributed by atoms with Gasteiger partial charge in [-0.3, -0.25) is 14.4 Å². The third-order valence-electron chi connectivity index (χ3n) is 6.29. The lowest BCUT2D eigenvalue weighted by atomic mass is 10.1. The molecule has 0 radical (unpaired) electrons. The zero-order valence-electron chi connectivity index (χ0n) is 20.3. The summed E-state index contributed by atoms with van der Waals surface area (Å²) < 4.78 is 12.9. The van der Waals surface area contributed by atoms with Crippen molar-refractivity contribution >= 4 is 40.4 Å². The number of anilines is 2. The molecule has 186 valence electrons. The van der Waals surface area contributed by atoms with Gasteiger partial charge >= 0.3 is 0 Å². The lowest BCUT2D eigenvalue weighted by Crippen LogP contribution is -2.33. The average Bonchev–Trinajstić information content (AvgIpc) is 3.22. The number of halogens is 1. The van der Waals surface area contributed by atoms with Crippen molar-refractivity contribution in [2.75, 3.05) is 31.6 Å². The van der Waals surface area contributed by atoms with E-state index in [2.05, 4.69) is 29.2 Å². The van der Waals surface area contributed by atoms with Crippen LogP contribution in [-0.2, 0) is 17.7 Å². The van der Waals surface area contributed by atoms with Crippen LogP contribution in [0, 0.1) is 6.92 Å². The Hall–Kier alpha value is -3.62. The Morgan fingerprint density at radius 2 is 1.94 bits per heavy atom. The summed E-state index contributed by atoms with van der Waals surface area (Å²) in [4.78, 5) is 18.1. The number of ether oxygens (including phenoxy) is 1. The van der Waals surface area contributed by atoms with Crippen molar-refractivity contribution in [1.82, 2.24) is 14.6 Å². The molecule has 2 aromatic carbocycles. The second kappa shape index (κ2) is 10.6. The van der Waals surface area contributed by atoms with E-state index >= 15 is 0 Å². The highest BCUT2D eigenvalue weighted by Gasteiger charge is 2.14. The number of hydrogen-bond donors (Lipinski definition) is 1. The van der Waals surface area contributed by atoms with Gasteiger partial charge in [-0.25, -0.2) is 4.98 Å². The third-order valence-corrected chi connectivity index (χ3v) is 6.54. The number of hydrogen-bond acceptors (Lipinski definition) is 7. The maximum Gasteiger partial charge on any atom is 0.264 e. The van der Waals surface area contributed by atoms with Gasteiger partial charge in [-0.05, 0) is 48.4 Å². The highest BCUT2D eigenvalue weighted by atomic mass is 35.5. The molecule has 4 aromatic rings. The lowest BCUT2D eigenvalue weighted by Gasteiger charge is -2.23. The lowest BCUT2D eigenvalue weighted by molar-refractivity contribution is 0.0397. The summed E-state index contributed by atoms with van der Waals surface area (Å²) in [6.45, 7) is 7.10. The molecule has 1 aliphatic rings. The number of rotatable bonds is 7. The van der Waals surface area contributed by atoms with Crippen molar-refractivity contribution in [1.29, 1.82) is 0 Å². The topological polar surface area (TPSA) is 84.9 Å². The van der Waals surface area contributed by atoms with Gasteiger partial charge in [0.1, 0.15) is 11.3 Å². The molecule has 8 nitrogen and oxygen atoms in total. The molecule has 1 saturated heterocycles. The summed E-state index contributed by atoms with van der Waals surface area (Å²) in [7, 11) is 0. The number of hydrazone groups is 1. The summed E-state index contributed by atoms with van der Waals surface area (Å²) in [5.41, 5.74) is 3.94. The molecular formula is C27H28ClN5O3. The van der Waals surface area contributed by atoms with E-state index in [1.165, 1.54) is 0 Å². The maximum absolute atomic E-state index is 13.5. The molecule has 1 fully saturated rings. The van der Waals surface area contributed by atoms with Crippen LogP contribution in [0.3, 0.4) is 0 Å². The number of nitrogens with one attached hydrogen (secondary N) is 1. The maximum atomic E-state index is 13.5. The van der Waals surface area contributed by atoms with Crippen LogP contribution in [-0.4, -0.2) is 47.1 Å². The summed E-state index contributed by atoms with van der Waals surface area (Å²) in [5.74, 6) is 1.42. The Kier molecular flexibility index (Phi) is 7.06. The van der Waals surface area contributed by atoms with Crippen LogP contribution >= 0.6 is 11.6 Å². The van der Waals surface area contributed by atoms with Crippen molar-refractivity contribution in [3.8, 4) is 0 Å². The minimum Gasteiger partial charge on any atom is -0.461 e. The molecule has 0 bridgehead atoms. The highest BCUT2D eigenvalue weighted by Crippen LogP contribution is 2.29. The average molecular weight is 506 g/mol. The fourth-order valence-corrected chi connectivity index (χ4v) is 4.37. The molecule has 5 rings (SSSR count). The molecule has 36 heavy (non-hydrogen) atoms. The predicted octanol–water partition coefficient (Wildman–Crippen LogP) is 4.97. The number of fused-ring (bicyclic) bond motifs is 1. The zero-order chi connectivity index (χ0) is 25.1. The minimum absolute atomic E-state index is 0.187. The molecule has 2 aromatic heterocycles. The first-order chi connectivity index (χ1) is 17.5. The fraction of sp³-hybridized carbons (Fsp3) is 0.296. The van der Waals surface area contributed by atoms with Gasteiger partial charge in [0.05, 0.1) is 44.6 Å². The molecule has 9 heteroatoms. The third kappa shape index (κ3) is 5.15. The molecule has 1 N–H and O–H groups in total. The van der Waals surface area contributed by atoms with Crippen LogP contribution in [0.1, 0.15) is 29.4 Å². The van der Waals surface area contributed by atoms with Gasteiger partial charge in [-0.1, -0.05) is 30.7 Å². The van der Waals surface area contributed by atoms with Crippen LogP contribution in [0.2, 0.25) is 5.02 Å². The van der Waals surface area contributed by atoms with Gasteiger partial charge in [0, 0.05) is 28.7 Å². The second-order valence-corrected chi connectivity index (χ2v) is 9.14. The normalized spacial score (nSPS) is 14.1. The first kappa shape index (κ1) is 24.1. The molecule has 0 amide bonds. The van der Waals surface area contributed by atoms with Crippen molar-refractivity contribution in [3.63, 3.8) is 0 Å². The largest absolute Gasteiger partial charge is 0.461 e. The predicted molar refractivity (Wildman–Crippen MR) is 143 cm³/mol. The number of aromatic nitrogens is 2. The number of nitrogens with zero attached hydrogens (tertiary/aromatic N) is 4. The van der Waals surface area contributed by atoms with Crippen molar-refractivity contribution in [3.05, 3.63) is 86.5 Å². The van der Waals surface area contributed by atoms with Crippen LogP contribution in [0.25, 0.3) is 11.0 Å². The molecule has 0 aliphatic carbocycles. The minimum atomic E-state index is -0.187. The smallest absolute Gasteiger partial charge is 0.264 e. The quantitative estimate of drug-likeness (QED) is 0.357. The Labute approximate surface area is 214 Å². The van der Waals surface area contributed by atoms with E-state index in [0.717, 1.165) is 40.0 Å². The van der Waals surface area contributed by atoms with E-state index in [1.807, 2.05) is 47.5 Å². The molecule has 0 unspecified atom stereocenters. The van der Waals surface area contributed by atoms with E-state index in [-0.39, 0.29) is 5.56 Å². The van der Waals surface area contributed by atoms with Crippen molar-refractivity contribution < 1.29 is 9.15 Å². The van der Waals surface area contributed by atoms with E-state index in [9.17, 15) is 4.79 Å². The molecule has 1 aliphatic heterocycles. The van der Waals surface area contributed by atoms with Crippen molar-refractivity contribution in [2.24, 2.45) is 5.10 Å². The first-order valence-corrected chi connectivity index (χ1v) is 12.4. The molecule has 0 spiro atoms. The summed E-state index contributed by atoms with van der Waals surface area (Å²) in [6, 6.07) is 13.3. The van der Waals surface area contributed by atoms with Gasteiger partial charge in [-0.2, -0.15) is 5.10 Å². The number of aryl methyl sites for hydroxylation is 2. The molecule has 0 saturated carbocycles. The van der Waals surface area contributed by atoms with E-state index < -0.39 is 0 Å². The van der Waals surface area contributed by atoms with Gasteiger partial charge in [0.15, 0.2) is 0 Å². The number of benzene rings is 2. The fourth-order valence-electron chi connectivity index (χ4n) is 4.24. The number of furan rings is 1. The standard InChI is InChI=1S/C27H28ClN5O3/c1-3-24-18(2)23-14-22(8-9-25(23)36-24)31-27-29-15-20(16-30-32-10-12-35-13-11-32)26(34)33(27)17-19-4-6-21(28)7-5-19/h4-9,14-16H,3,10-13,17H2,1-2H3,(H,29,31).